The van der Waals surface area contributed by atoms with Crippen LogP contribution in [-0.2, 0) is 25.8 Å². The molecule has 1 aromatic carbocycles. The van der Waals surface area contributed by atoms with E-state index in [0.717, 1.165) is 49.4 Å². The number of hydroxylamine groups is 2. The molecule has 4 rings (SSSR count). The number of nitrogens with zero attached hydrogens (tertiary/aromatic N) is 4. The van der Waals surface area contributed by atoms with Gasteiger partial charge in [-0.25, -0.2) is 5.06 Å². The molecule has 1 aliphatic heterocycles. The second kappa shape index (κ2) is 15.4. The third-order valence-electron chi connectivity index (χ3n) is 7.90. The lowest BCUT2D eigenvalue weighted by molar-refractivity contribution is -0.182. The summed E-state index contributed by atoms with van der Waals surface area (Å²) in [6.45, 7) is 7.62. The molecule has 2 aromatic rings. The highest BCUT2D eigenvalue weighted by Gasteiger charge is 2.30. The molecule has 0 radical (unpaired) electrons. The standard InChI is InChI=1S/C29H41ClFN7O4/c1-29(2,37-12-14-41-15-13-37)19-32-25-24(31)26(34-28(30)33-25)35-36-27(40)23(16-21-8-6-7-9-21)17-38(20-39)42-18-22-10-4-3-5-11-22/h3-5,10-11,20-21,23H,6-9,12-19H2,1-2H3,(H,36,40)(H2,32,33,34,35)/t23-/m0/s1. The first kappa shape index (κ1) is 31.9. The van der Waals surface area contributed by atoms with Gasteiger partial charge in [-0.05, 0) is 43.4 Å². The lowest BCUT2D eigenvalue weighted by Gasteiger charge is -2.41. The fraction of sp³-hybridized carbons (Fsp3) is 0.586. The number of carbonyl (C=O) groups is 2. The maximum Gasteiger partial charge on any atom is 0.243 e. The molecule has 3 N–H and O–H groups in total. The summed E-state index contributed by atoms with van der Waals surface area (Å²) in [6.07, 6.45) is 5.42. The topological polar surface area (TPSA) is 121 Å². The van der Waals surface area contributed by atoms with Gasteiger partial charge in [0, 0.05) is 25.2 Å². The van der Waals surface area contributed by atoms with E-state index in [1.807, 2.05) is 30.3 Å². The summed E-state index contributed by atoms with van der Waals surface area (Å²) >= 11 is 6.11. The van der Waals surface area contributed by atoms with Crippen LogP contribution in [0.3, 0.4) is 0 Å². The predicted molar refractivity (Wildman–Crippen MR) is 158 cm³/mol. The zero-order valence-corrected chi connectivity index (χ0v) is 25.0. The van der Waals surface area contributed by atoms with Gasteiger partial charge in [-0.3, -0.25) is 30.2 Å². The Labute approximate surface area is 251 Å². The summed E-state index contributed by atoms with van der Waals surface area (Å²) in [5.74, 6) is -1.74. The fourth-order valence-corrected chi connectivity index (χ4v) is 5.58. The maximum absolute atomic E-state index is 15.4. The van der Waals surface area contributed by atoms with Crippen molar-refractivity contribution in [2.75, 3.05) is 50.1 Å². The Hall–Kier alpha value is -3.06. The van der Waals surface area contributed by atoms with Crippen molar-refractivity contribution in [2.24, 2.45) is 11.8 Å². The van der Waals surface area contributed by atoms with Crippen molar-refractivity contribution >= 4 is 35.6 Å². The first-order chi connectivity index (χ1) is 20.2. The Morgan fingerprint density at radius 3 is 2.60 bits per heavy atom. The lowest BCUT2D eigenvalue weighted by Crippen LogP contribution is -2.53. The van der Waals surface area contributed by atoms with E-state index in [9.17, 15) is 9.59 Å². The minimum absolute atomic E-state index is 0.0524. The molecule has 2 fully saturated rings. The van der Waals surface area contributed by atoms with Gasteiger partial charge in [0.05, 0.1) is 25.7 Å². The molecule has 230 valence electrons. The zero-order valence-electron chi connectivity index (χ0n) is 24.3. The third-order valence-corrected chi connectivity index (χ3v) is 8.07. The van der Waals surface area contributed by atoms with Crippen molar-refractivity contribution in [3.63, 3.8) is 0 Å². The number of carbonyl (C=O) groups excluding carboxylic acids is 2. The van der Waals surface area contributed by atoms with Gasteiger partial charge in [0.1, 0.15) is 6.61 Å². The van der Waals surface area contributed by atoms with Crippen molar-refractivity contribution in [3.8, 4) is 0 Å². The number of aromatic nitrogens is 2. The molecular weight excluding hydrogens is 565 g/mol. The van der Waals surface area contributed by atoms with E-state index in [1.54, 1.807) is 0 Å². The summed E-state index contributed by atoms with van der Waals surface area (Å²) < 4.78 is 20.8. The van der Waals surface area contributed by atoms with Gasteiger partial charge in [0.2, 0.25) is 23.4 Å². The van der Waals surface area contributed by atoms with Gasteiger partial charge in [-0.1, -0.05) is 56.0 Å². The quantitative estimate of drug-likeness (QED) is 0.157. The Morgan fingerprint density at radius 2 is 1.90 bits per heavy atom. The van der Waals surface area contributed by atoms with E-state index >= 15 is 4.39 Å². The predicted octanol–water partition coefficient (Wildman–Crippen LogP) is 4.02. The summed E-state index contributed by atoms with van der Waals surface area (Å²) in [5.41, 5.74) is 5.76. The van der Waals surface area contributed by atoms with E-state index in [-0.39, 0.29) is 35.6 Å². The zero-order chi connectivity index (χ0) is 30.0. The van der Waals surface area contributed by atoms with Gasteiger partial charge >= 0.3 is 0 Å². The highest BCUT2D eigenvalue weighted by Crippen LogP contribution is 2.31. The number of rotatable bonds is 15. The molecule has 0 spiro atoms. The number of morpholine rings is 1. The van der Waals surface area contributed by atoms with E-state index in [0.29, 0.717) is 38.5 Å². The minimum Gasteiger partial charge on any atom is -0.379 e. The van der Waals surface area contributed by atoms with Gasteiger partial charge in [-0.2, -0.15) is 14.4 Å². The van der Waals surface area contributed by atoms with Crippen LogP contribution >= 0.6 is 11.6 Å². The van der Waals surface area contributed by atoms with E-state index in [1.165, 1.54) is 0 Å². The summed E-state index contributed by atoms with van der Waals surface area (Å²) in [7, 11) is 0. The Kier molecular flexibility index (Phi) is 11.7. The molecule has 11 nitrogen and oxygen atoms in total. The Morgan fingerprint density at radius 1 is 1.21 bits per heavy atom. The van der Waals surface area contributed by atoms with E-state index in [2.05, 4.69) is 44.9 Å². The number of hydrogen-bond donors (Lipinski definition) is 3. The molecule has 0 bridgehead atoms. The number of halogens is 2. The number of nitrogens with one attached hydrogen (secondary N) is 3. The molecule has 1 aliphatic carbocycles. The third kappa shape index (κ3) is 9.22. The van der Waals surface area contributed by atoms with E-state index < -0.39 is 17.6 Å². The lowest BCUT2D eigenvalue weighted by atomic mass is 9.92. The van der Waals surface area contributed by atoms with Gasteiger partial charge in [0.25, 0.3) is 0 Å². The highest BCUT2D eigenvalue weighted by molar-refractivity contribution is 6.28. The van der Waals surface area contributed by atoms with Crippen LogP contribution in [-0.4, -0.2) is 77.2 Å². The van der Waals surface area contributed by atoms with Crippen LogP contribution in [0, 0.1) is 17.7 Å². The number of benzene rings is 1. The normalized spacial score (nSPS) is 17.0. The average Bonchev–Trinajstić information content (AvgIpc) is 3.52. The number of hydrogen-bond acceptors (Lipinski definition) is 9. The molecular formula is C29H41ClFN7O4. The molecule has 1 aromatic heterocycles. The van der Waals surface area contributed by atoms with Gasteiger partial charge < -0.3 is 10.1 Å². The Bertz CT molecular complexity index is 1160. The Balaban J connectivity index is 1.38. The number of hydrazine groups is 1. The first-order valence-electron chi connectivity index (χ1n) is 14.5. The summed E-state index contributed by atoms with van der Waals surface area (Å²) in [6, 6.07) is 9.45. The maximum atomic E-state index is 15.4. The second-order valence-corrected chi connectivity index (χ2v) is 11.8. The van der Waals surface area contributed by atoms with Crippen LogP contribution in [0.15, 0.2) is 30.3 Å². The average molecular weight is 606 g/mol. The number of ether oxygens (including phenoxy) is 1. The largest absolute Gasteiger partial charge is 0.379 e. The van der Waals surface area contributed by atoms with Crippen LogP contribution in [0.25, 0.3) is 0 Å². The van der Waals surface area contributed by atoms with Crippen LogP contribution in [0.4, 0.5) is 16.0 Å². The van der Waals surface area contributed by atoms with Crippen molar-refractivity contribution in [1.29, 1.82) is 0 Å². The van der Waals surface area contributed by atoms with Crippen molar-refractivity contribution in [3.05, 3.63) is 47.0 Å². The summed E-state index contributed by atoms with van der Waals surface area (Å²) in [5, 5.41) is 4.01. The smallest absolute Gasteiger partial charge is 0.243 e. The molecule has 1 atom stereocenters. The van der Waals surface area contributed by atoms with Crippen LogP contribution in [0.1, 0.15) is 51.5 Å². The van der Waals surface area contributed by atoms with Crippen molar-refractivity contribution < 1.29 is 23.6 Å². The van der Waals surface area contributed by atoms with Crippen molar-refractivity contribution in [2.45, 2.75) is 58.1 Å². The van der Waals surface area contributed by atoms with Gasteiger partial charge in [0.15, 0.2) is 11.6 Å². The fourth-order valence-electron chi connectivity index (χ4n) is 5.41. The SMILES string of the molecule is CC(C)(CNc1nc(Cl)nc(NNC(=O)[C@@H](CC2CCCC2)CN(C=O)OCc2ccccc2)c1F)N1CCOCC1. The second-order valence-electron chi connectivity index (χ2n) is 11.4. The molecule has 0 unspecified atom stereocenters. The molecule has 13 heteroatoms. The van der Waals surface area contributed by atoms with Gasteiger partial charge in [-0.15, -0.1) is 0 Å². The van der Waals surface area contributed by atoms with Crippen LogP contribution < -0.4 is 16.2 Å². The number of anilines is 2. The number of amides is 2. The monoisotopic (exact) mass is 605 g/mol. The molecule has 1 saturated carbocycles. The minimum atomic E-state index is -0.773. The molecule has 2 amide bonds. The summed E-state index contributed by atoms with van der Waals surface area (Å²) in [4.78, 5) is 41.1. The van der Waals surface area contributed by atoms with Crippen LogP contribution in [0.5, 0.6) is 0 Å². The molecule has 42 heavy (non-hydrogen) atoms. The molecule has 2 heterocycles. The van der Waals surface area contributed by atoms with Crippen LogP contribution in [0.2, 0.25) is 5.28 Å². The highest BCUT2D eigenvalue weighted by atomic mass is 35.5. The molecule has 2 aliphatic rings. The first-order valence-corrected chi connectivity index (χ1v) is 14.9. The van der Waals surface area contributed by atoms with Crippen molar-refractivity contribution in [1.82, 2.24) is 25.4 Å². The van der Waals surface area contributed by atoms with E-state index in [4.69, 9.17) is 21.2 Å². The molecule has 1 saturated heterocycles.